The summed E-state index contributed by atoms with van der Waals surface area (Å²) >= 11 is 4.45. The highest BCUT2D eigenvalue weighted by molar-refractivity contribution is 9.11. The van der Waals surface area contributed by atoms with E-state index < -0.39 is 5.97 Å². The van der Waals surface area contributed by atoms with Crippen molar-refractivity contribution in [3.05, 3.63) is 27.8 Å². The standard InChI is InChI=1S/C12H10BrNO4S/c1-17-7-3-6(4-8(5-7)18-2)10-9(11(15)16)14-12(13)19-10/h3-5H,1-2H3,(H,15,16). The van der Waals surface area contributed by atoms with E-state index >= 15 is 0 Å². The maximum atomic E-state index is 11.2. The van der Waals surface area contributed by atoms with Gasteiger partial charge in [0.25, 0.3) is 0 Å². The van der Waals surface area contributed by atoms with Crippen molar-refractivity contribution in [2.45, 2.75) is 0 Å². The maximum Gasteiger partial charge on any atom is 0.356 e. The molecule has 19 heavy (non-hydrogen) atoms. The monoisotopic (exact) mass is 343 g/mol. The predicted octanol–water partition coefficient (Wildman–Crippen LogP) is 3.29. The predicted molar refractivity (Wildman–Crippen MR) is 75.3 cm³/mol. The molecular weight excluding hydrogens is 334 g/mol. The largest absolute Gasteiger partial charge is 0.497 e. The summed E-state index contributed by atoms with van der Waals surface area (Å²) in [7, 11) is 3.08. The molecule has 0 saturated heterocycles. The van der Waals surface area contributed by atoms with Gasteiger partial charge in [0.15, 0.2) is 9.61 Å². The summed E-state index contributed by atoms with van der Waals surface area (Å²) < 4.78 is 10.9. The van der Waals surface area contributed by atoms with Gasteiger partial charge < -0.3 is 14.6 Å². The molecule has 0 aliphatic carbocycles. The van der Waals surface area contributed by atoms with Crippen LogP contribution in [0.25, 0.3) is 10.4 Å². The van der Waals surface area contributed by atoms with E-state index in [4.69, 9.17) is 14.6 Å². The van der Waals surface area contributed by atoms with Crippen molar-refractivity contribution in [2.75, 3.05) is 14.2 Å². The number of aromatic nitrogens is 1. The Labute approximate surface area is 121 Å². The zero-order valence-electron chi connectivity index (χ0n) is 10.1. The lowest BCUT2D eigenvalue weighted by atomic mass is 10.1. The lowest BCUT2D eigenvalue weighted by Crippen LogP contribution is -1.99. The number of aromatic carboxylic acids is 1. The first kappa shape index (κ1) is 13.8. The quantitative estimate of drug-likeness (QED) is 0.922. The van der Waals surface area contributed by atoms with Crippen LogP contribution in [0.4, 0.5) is 0 Å². The molecule has 1 heterocycles. The molecule has 0 aliphatic heterocycles. The van der Waals surface area contributed by atoms with E-state index in [9.17, 15) is 4.79 Å². The molecule has 0 atom stereocenters. The Morgan fingerprint density at radius 2 is 1.84 bits per heavy atom. The lowest BCUT2D eigenvalue weighted by molar-refractivity contribution is 0.0692. The second kappa shape index (κ2) is 5.58. The molecule has 100 valence electrons. The average Bonchev–Trinajstić information content (AvgIpc) is 2.80. The molecule has 1 aromatic carbocycles. The van der Waals surface area contributed by atoms with Crippen LogP contribution in [-0.2, 0) is 0 Å². The first-order valence-corrected chi connectivity index (χ1v) is 6.79. The number of hydrogen-bond donors (Lipinski definition) is 1. The topological polar surface area (TPSA) is 68.7 Å². The van der Waals surface area contributed by atoms with Crippen LogP contribution in [-0.4, -0.2) is 30.3 Å². The third-order valence-electron chi connectivity index (χ3n) is 2.42. The number of carbonyl (C=O) groups is 1. The Hall–Kier alpha value is -1.60. The van der Waals surface area contributed by atoms with Gasteiger partial charge in [0.2, 0.25) is 0 Å². The lowest BCUT2D eigenvalue weighted by Gasteiger charge is -2.07. The van der Waals surface area contributed by atoms with Gasteiger partial charge in [-0.2, -0.15) is 0 Å². The molecule has 5 nitrogen and oxygen atoms in total. The van der Waals surface area contributed by atoms with Crippen molar-refractivity contribution in [2.24, 2.45) is 0 Å². The van der Waals surface area contributed by atoms with Crippen molar-refractivity contribution in [3.63, 3.8) is 0 Å². The molecule has 0 unspecified atom stereocenters. The van der Waals surface area contributed by atoms with Crippen LogP contribution in [0.15, 0.2) is 22.1 Å². The van der Waals surface area contributed by atoms with Gasteiger partial charge in [-0.3, -0.25) is 0 Å². The Balaban J connectivity index is 2.60. The smallest absolute Gasteiger partial charge is 0.356 e. The Morgan fingerprint density at radius 1 is 1.26 bits per heavy atom. The van der Waals surface area contributed by atoms with Crippen molar-refractivity contribution in [3.8, 4) is 21.9 Å². The van der Waals surface area contributed by atoms with Crippen LogP contribution in [0.1, 0.15) is 10.5 Å². The molecule has 0 fully saturated rings. The van der Waals surface area contributed by atoms with Gasteiger partial charge in [0.1, 0.15) is 11.5 Å². The van der Waals surface area contributed by atoms with Crippen molar-refractivity contribution >= 4 is 33.2 Å². The fourth-order valence-electron chi connectivity index (χ4n) is 1.57. The number of halogens is 1. The summed E-state index contributed by atoms with van der Waals surface area (Å²) in [5, 5.41) is 9.15. The van der Waals surface area contributed by atoms with Gasteiger partial charge in [-0.1, -0.05) is 0 Å². The first-order chi connectivity index (χ1) is 9.05. The minimum Gasteiger partial charge on any atom is -0.497 e. The molecule has 2 aromatic rings. The molecule has 1 aromatic heterocycles. The first-order valence-electron chi connectivity index (χ1n) is 5.18. The third-order valence-corrected chi connectivity index (χ3v) is 3.97. The van der Waals surface area contributed by atoms with Crippen LogP contribution in [0, 0.1) is 0 Å². The molecule has 0 saturated carbocycles. The Kier molecular flexibility index (Phi) is 4.06. The number of thiazole rings is 1. The number of carboxylic acids is 1. The van der Waals surface area contributed by atoms with Crippen molar-refractivity contribution in [1.82, 2.24) is 4.98 Å². The highest BCUT2D eigenvalue weighted by Crippen LogP contribution is 2.37. The molecule has 0 aliphatic rings. The fourth-order valence-corrected chi connectivity index (χ4v) is 3.01. The van der Waals surface area contributed by atoms with Crippen molar-refractivity contribution < 1.29 is 19.4 Å². The molecule has 2 rings (SSSR count). The van der Waals surface area contributed by atoms with Gasteiger partial charge in [-0.15, -0.1) is 11.3 Å². The zero-order valence-corrected chi connectivity index (χ0v) is 12.5. The van der Waals surface area contributed by atoms with Crippen LogP contribution < -0.4 is 9.47 Å². The number of methoxy groups -OCH3 is 2. The maximum absolute atomic E-state index is 11.2. The minimum atomic E-state index is -1.07. The van der Waals surface area contributed by atoms with E-state index in [-0.39, 0.29) is 5.69 Å². The van der Waals surface area contributed by atoms with Gasteiger partial charge in [0, 0.05) is 11.6 Å². The van der Waals surface area contributed by atoms with Crippen LogP contribution >= 0.6 is 27.3 Å². The van der Waals surface area contributed by atoms with Crippen LogP contribution in [0.5, 0.6) is 11.5 Å². The summed E-state index contributed by atoms with van der Waals surface area (Å²) in [5.74, 6) is 0.115. The van der Waals surface area contributed by atoms with E-state index in [2.05, 4.69) is 20.9 Å². The van der Waals surface area contributed by atoms with Crippen LogP contribution in [0.2, 0.25) is 0 Å². The highest BCUT2D eigenvalue weighted by Gasteiger charge is 2.19. The number of nitrogens with zero attached hydrogens (tertiary/aromatic N) is 1. The minimum absolute atomic E-state index is 0.00665. The fraction of sp³-hybridized carbons (Fsp3) is 0.167. The molecule has 0 radical (unpaired) electrons. The molecule has 0 bridgehead atoms. The van der Waals surface area contributed by atoms with Gasteiger partial charge >= 0.3 is 5.97 Å². The molecule has 0 spiro atoms. The average molecular weight is 344 g/mol. The molecule has 7 heteroatoms. The highest BCUT2D eigenvalue weighted by atomic mass is 79.9. The number of rotatable bonds is 4. The molecule has 0 amide bonds. The zero-order chi connectivity index (χ0) is 14.0. The SMILES string of the molecule is COc1cc(OC)cc(-c2sc(Br)nc2C(=O)O)c1. The van der Waals surface area contributed by atoms with Crippen molar-refractivity contribution in [1.29, 1.82) is 0 Å². The van der Waals surface area contributed by atoms with Gasteiger partial charge in [-0.25, -0.2) is 9.78 Å². The van der Waals surface area contributed by atoms with Gasteiger partial charge in [-0.05, 0) is 28.1 Å². The number of hydrogen-bond acceptors (Lipinski definition) is 5. The van der Waals surface area contributed by atoms with E-state index in [1.807, 2.05) is 0 Å². The van der Waals surface area contributed by atoms with E-state index in [1.165, 1.54) is 11.3 Å². The van der Waals surface area contributed by atoms with Gasteiger partial charge in [0.05, 0.1) is 19.1 Å². The second-order valence-electron chi connectivity index (χ2n) is 3.55. The molecular formula is C12H10BrNO4S. The van der Waals surface area contributed by atoms with Crippen LogP contribution in [0.3, 0.4) is 0 Å². The number of carboxylic acid groups (broad SMARTS) is 1. The Morgan fingerprint density at radius 3 is 2.32 bits per heavy atom. The Bertz CT molecular complexity index is 604. The summed E-state index contributed by atoms with van der Waals surface area (Å²) in [4.78, 5) is 15.7. The summed E-state index contributed by atoms with van der Waals surface area (Å²) in [6.45, 7) is 0. The van der Waals surface area contributed by atoms with E-state index in [0.29, 0.717) is 25.9 Å². The number of benzene rings is 1. The number of ether oxygens (including phenoxy) is 2. The summed E-state index contributed by atoms with van der Waals surface area (Å²) in [6.07, 6.45) is 0. The molecule has 1 N–H and O–H groups in total. The third kappa shape index (κ3) is 2.87. The summed E-state index contributed by atoms with van der Waals surface area (Å²) in [5.41, 5.74) is 0.698. The second-order valence-corrected chi connectivity index (χ2v) is 5.83. The normalized spacial score (nSPS) is 10.3. The van der Waals surface area contributed by atoms with E-state index in [0.717, 1.165) is 0 Å². The summed E-state index contributed by atoms with van der Waals surface area (Å²) in [6, 6.07) is 5.21. The van der Waals surface area contributed by atoms with E-state index in [1.54, 1.807) is 32.4 Å².